The number of ether oxygens (including phenoxy) is 2. The van der Waals surface area contributed by atoms with Crippen molar-refractivity contribution in [3.05, 3.63) is 58.7 Å². The predicted molar refractivity (Wildman–Crippen MR) is 141 cm³/mol. The van der Waals surface area contributed by atoms with Crippen molar-refractivity contribution in [2.24, 2.45) is 0 Å². The van der Waals surface area contributed by atoms with E-state index in [4.69, 9.17) is 9.47 Å². The predicted octanol–water partition coefficient (Wildman–Crippen LogP) is 2.17. The number of amides is 1. The summed E-state index contributed by atoms with van der Waals surface area (Å²) in [5.41, 5.74) is -0.627. The van der Waals surface area contributed by atoms with Gasteiger partial charge in [0.2, 0.25) is 5.88 Å². The Labute approximate surface area is 226 Å². The Kier molecular flexibility index (Phi) is 8.48. The van der Waals surface area contributed by atoms with Crippen LogP contribution in [0.3, 0.4) is 0 Å². The highest BCUT2D eigenvalue weighted by atomic mass is 32.2. The van der Waals surface area contributed by atoms with Crippen molar-refractivity contribution >= 4 is 15.7 Å². The number of methoxy groups -OCH3 is 2. The number of aromatic hydroxyl groups is 1. The second-order valence-electron chi connectivity index (χ2n) is 9.06. The number of likely N-dealkylation sites (tertiary alicyclic amines) is 1. The van der Waals surface area contributed by atoms with Gasteiger partial charge in [0.15, 0.2) is 14.7 Å². The molecule has 3 aromatic rings. The zero-order chi connectivity index (χ0) is 28.2. The van der Waals surface area contributed by atoms with Gasteiger partial charge in [-0.3, -0.25) is 19.1 Å². The fraction of sp³-hybridized carbons (Fsp3) is 0.423. The summed E-state index contributed by atoms with van der Waals surface area (Å²) in [7, 11) is -1.47. The molecule has 0 unspecified atom stereocenters. The average Bonchev–Trinajstić information content (AvgIpc) is 2.95. The van der Waals surface area contributed by atoms with Gasteiger partial charge in [0, 0.05) is 31.9 Å². The lowest BCUT2D eigenvalue weighted by molar-refractivity contribution is 0.0719. The van der Waals surface area contributed by atoms with Crippen LogP contribution in [-0.2, 0) is 16.3 Å². The molecule has 1 amide bonds. The Morgan fingerprint density at radius 3 is 2.36 bits per heavy atom. The SMILES string of the molecule is CCCCc1nc(=O)c(S(=O)(=O)C2CCN(C(=O)c3cnccn3)CC2)c(O)n1-c1c(OC)cccc1OC. The van der Waals surface area contributed by atoms with Crippen LogP contribution in [0.4, 0.5) is 0 Å². The van der Waals surface area contributed by atoms with Crippen LogP contribution in [0.15, 0.2) is 46.5 Å². The molecular weight excluding hydrogens is 526 g/mol. The molecule has 12 nitrogen and oxygen atoms in total. The third-order valence-electron chi connectivity index (χ3n) is 6.71. The number of hydrogen-bond donors (Lipinski definition) is 1. The van der Waals surface area contributed by atoms with Gasteiger partial charge in [0.1, 0.15) is 28.7 Å². The summed E-state index contributed by atoms with van der Waals surface area (Å²) in [6, 6.07) is 4.96. The molecule has 0 aliphatic carbocycles. The number of para-hydroxylation sites is 1. The van der Waals surface area contributed by atoms with E-state index in [-0.39, 0.29) is 49.0 Å². The largest absolute Gasteiger partial charge is 0.494 e. The molecule has 39 heavy (non-hydrogen) atoms. The number of unbranched alkanes of at least 4 members (excludes halogenated alkanes) is 1. The summed E-state index contributed by atoms with van der Waals surface area (Å²) in [5, 5.41) is 10.4. The van der Waals surface area contributed by atoms with Crippen molar-refractivity contribution in [2.45, 2.75) is 49.2 Å². The molecular formula is C26H31N5O7S. The van der Waals surface area contributed by atoms with Gasteiger partial charge < -0.3 is 19.5 Å². The number of hydrogen-bond acceptors (Lipinski definition) is 10. The number of nitrogens with zero attached hydrogens (tertiary/aromatic N) is 5. The normalized spacial score (nSPS) is 14.3. The lowest BCUT2D eigenvalue weighted by Crippen LogP contribution is -2.43. The Bertz CT molecular complexity index is 1480. The van der Waals surface area contributed by atoms with Crippen LogP contribution < -0.4 is 15.0 Å². The van der Waals surface area contributed by atoms with Crippen LogP contribution in [0.1, 0.15) is 48.9 Å². The van der Waals surface area contributed by atoms with Crippen molar-refractivity contribution in [3.8, 4) is 23.1 Å². The van der Waals surface area contributed by atoms with E-state index < -0.39 is 31.4 Å². The number of aryl methyl sites for hydroxylation is 1. The zero-order valence-electron chi connectivity index (χ0n) is 22.0. The minimum absolute atomic E-state index is 0.0722. The Balaban J connectivity index is 1.75. The minimum Gasteiger partial charge on any atom is -0.494 e. The number of benzene rings is 1. The third kappa shape index (κ3) is 5.44. The fourth-order valence-electron chi connectivity index (χ4n) is 4.68. The molecule has 0 bridgehead atoms. The van der Waals surface area contributed by atoms with E-state index in [1.807, 2.05) is 6.92 Å². The molecule has 0 radical (unpaired) electrons. The average molecular weight is 558 g/mol. The maximum absolute atomic E-state index is 13.8. The molecule has 1 aliphatic heterocycles. The zero-order valence-corrected chi connectivity index (χ0v) is 22.8. The van der Waals surface area contributed by atoms with Gasteiger partial charge in [0.05, 0.1) is 25.7 Å². The Morgan fingerprint density at radius 2 is 1.79 bits per heavy atom. The number of carbonyl (C=O) groups excluding carboxylic acids is 1. The lowest BCUT2D eigenvalue weighted by Gasteiger charge is -2.31. The smallest absolute Gasteiger partial charge is 0.295 e. The minimum atomic E-state index is -4.34. The van der Waals surface area contributed by atoms with Gasteiger partial charge in [-0.2, -0.15) is 4.98 Å². The van der Waals surface area contributed by atoms with Gasteiger partial charge >= 0.3 is 0 Å². The van der Waals surface area contributed by atoms with Gasteiger partial charge in [-0.15, -0.1) is 0 Å². The molecule has 0 saturated carbocycles. The van der Waals surface area contributed by atoms with Crippen LogP contribution in [0.2, 0.25) is 0 Å². The monoisotopic (exact) mass is 557 g/mol. The third-order valence-corrected chi connectivity index (χ3v) is 8.99. The molecule has 0 spiro atoms. The van der Waals surface area contributed by atoms with Gasteiger partial charge in [-0.05, 0) is 31.4 Å². The molecule has 13 heteroatoms. The molecule has 2 aromatic heterocycles. The first-order valence-corrected chi connectivity index (χ1v) is 14.1. The topological polar surface area (TPSA) is 154 Å². The molecule has 3 heterocycles. The van der Waals surface area contributed by atoms with Crippen LogP contribution in [0.5, 0.6) is 17.4 Å². The van der Waals surface area contributed by atoms with E-state index in [0.29, 0.717) is 24.3 Å². The van der Waals surface area contributed by atoms with E-state index in [2.05, 4.69) is 15.0 Å². The van der Waals surface area contributed by atoms with E-state index in [1.54, 1.807) is 18.2 Å². The second kappa shape index (κ2) is 11.8. The van der Waals surface area contributed by atoms with Gasteiger partial charge in [0.25, 0.3) is 11.5 Å². The number of sulfone groups is 1. The lowest BCUT2D eigenvalue weighted by atomic mass is 10.1. The molecule has 1 saturated heterocycles. The van der Waals surface area contributed by atoms with Crippen molar-refractivity contribution in [3.63, 3.8) is 0 Å². The first-order chi connectivity index (χ1) is 18.7. The van der Waals surface area contributed by atoms with E-state index in [9.17, 15) is 23.1 Å². The Hall–Kier alpha value is -4.00. The first-order valence-electron chi connectivity index (χ1n) is 12.6. The van der Waals surface area contributed by atoms with Crippen LogP contribution in [-0.4, -0.2) is 76.4 Å². The molecule has 0 atom stereocenters. The molecule has 208 valence electrons. The van der Waals surface area contributed by atoms with E-state index >= 15 is 0 Å². The van der Waals surface area contributed by atoms with Crippen molar-refractivity contribution in [1.29, 1.82) is 0 Å². The second-order valence-corrected chi connectivity index (χ2v) is 11.2. The summed E-state index contributed by atoms with van der Waals surface area (Å²) in [6.07, 6.45) is 6.10. The van der Waals surface area contributed by atoms with Crippen LogP contribution in [0.25, 0.3) is 5.69 Å². The Morgan fingerprint density at radius 1 is 1.13 bits per heavy atom. The molecule has 1 fully saturated rings. The fourth-order valence-corrected chi connectivity index (χ4v) is 6.48. The van der Waals surface area contributed by atoms with Gasteiger partial charge in [-0.1, -0.05) is 19.4 Å². The quantitative estimate of drug-likeness (QED) is 0.414. The molecule has 1 N–H and O–H groups in total. The van der Waals surface area contributed by atoms with E-state index in [1.165, 1.54) is 42.3 Å². The number of aromatic nitrogens is 4. The summed E-state index contributed by atoms with van der Waals surface area (Å²) >= 11 is 0. The first kappa shape index (κ1) is 28.0. The highest BCUT2D eigenvalue weighted by Crippen LogP contribution is 2.38. The summed E-state index contributed by atoms with van der Waals surface area (Å²) in [6.45, 7) is 2.24. The maximum Gasteiger partial charge on any atom is 0.295 e. The standard InChI is InChI=1S/C26H31N5O7S/c1-4-5-9-21-29-24(32)23(26(34)31(21)22-19(37-2)7-6-8-20(22)38-3)39(35,36)17-10-14-30(15-11-17)25(33)18-16-27-12-13-28-18/h6-8,12-13,16-17,34H,4-5,9-11,14-15H2,1-3H3. The van der Waals surface area contributed by atoms with Crippen molar-refractivity contribution < 1.29 is 27.8 Å². The molecule has 1 aliphatic rings. The number of rotatable bonds is 9. The summed E-state index contributed by atoms with van der Waals surface area (Å²) in [4.78, 5) is 38.6. The van der Waals surface area contributed by atoms with Crippen molar-refractivity contribution in [1.82, 2.24) is 24.4 Å². The highest BCUT2D eigenvalue weighted by Gasteiger charge is 2.38. The summed E-state index contributed by atoms with van der Waals surface area (Å²) in [5.74, 6) is -0.319. The number of piperidine rings is 1. The van der Waals surface area contributed by atoms with E-state index in [0.717, 1.165) is 6.42 Å². The molecule has 1 aromatic carbocycles. The number of carbonyl (C=O) groups is 1. The van der Waals surface area contributed by atoms with Crippen LogP contribution >= 0.6 is 0 Å². The van der Waals surface area contributed by atoms with Crippen LogP contribution in [0, 0.1) is 0 Å². The van der Waals surface area contributed by atoms with Crippen molar-refractivity contribution in [2.75, 3.05) is 27.3 Å². The summed E-state index contributed by atoms with van der Waals surface area (Å²) < 4.78 is 39.8. The highest BCUT2D eigenvalue weighted by molar-refractivity contribution is 7.92. The molecule has 4 rings (SSSR count). The maximum atomic E-state index is 13.8. The van der Waals surface area contributed by atoms with Gasteiger partial charge in [-0.25, -0.2) is 13.4 Å².